The van der Waals surface area contributed by atoms with E-state index in [1.54, 1.807) is 18.3 Å². The largest absolute Gasteiger partial charge is 0.368 e. The van der Waals surface area contributed by atoms with Crippen molar-refractivity contribution < 1.29 is 4.79 Å². The number of nitrogens with zero attached hydrogens (tertiary/aromatic N) is 3. The highest BCUT2D eigenvalue weighted by atomic mass is 35.5. The molecule has 0 fully saturated rings. The van der Waals surface area contributed by atoms with Crippen molar-refractivity contribution in [3.8, 4) is 0 Å². The van der Waals surface area contributed by atoms with Crippen LogP contribution in [0.4, 0.5) is 17.5 Å². The standard InChI is InChI=1S/C18H18Cl2N6OS/c1-10-3-4-21-14(7-10)26-16-9-15(24-11(2)25-16)22-5-6-23-18(27)12-8-13(19)28-17(12)20/h3-4,7-9H,5-6H2,1-2H3,(H,23,27)(H2,21,22,24,25,26). The average molecular weight is 437 g/mol. The summed E-state index contributed by atoms with van der Waals surface area (Å²) in [7, 11) is 0. The molecule has 0 unspecified atom stereocenters. The van der Waals surface area contributed by atoms with Gasteiger partial charge in [0.05, 0.1) is 9.90 Å². The van der Waals surface area contributed by atoms with Gasteiger partial charge in [-0.2, -0.15) is 0 Å². The van der Waals surface area contributed by atoms with Gasteiger partial charge in [0.1, 0.15) is 27.6 Å². The number of aromatic nitrogens is 3. The van der Waals surface area contributed by atoms with Crippen LogP contribution >= 0.6 is 34.5 Å². The fourth-order valence-electron chi connectivity index (χ4n) is 2.41. The summed E-state index contributed by atoms with van der Waals surface area (Å²) in [4.78, 5) is 25.1. The van der Waals surface area contributed by atoms with Crippen LogP contribution in [-0.2, 0) is 0 Å². The lowest BCUT2D eigenvalue weighted by Gasteiger charge is -2.10. The van der Waals surface area contributed by atoms with Crippen molar-refractivity contribution in [1.82, 2.24) is 20.3 Å². The van der Waals surface area contributed by atoms with Crippen LogP contribution in [0, 0.1) is 13.8 Å². The van der Waals surface area contributed by atoms with Gasteiger partial charge >= 0.3 is 0 Å². The highest BCUT2D eigenvalue weighted by Crippen LogP contribution is 2.30. The summed E-state index contributed by atoms with van der Waals surface area (Å²) in [6.45, 7) is 4.69. The van der Waals surface area contributed by atoms with Crippen molar-refractivity contribution in [3.63, 3.8) is 0 Å². The van der Waals surface area contributed by atoms with E-state index in [-0.39, 0.29) is 5.91 Å². The van der Waals surface area contributed by atoms with Crippen LogP contribution in [-0.4, -0.2) is 33.9 Å². The first-order valence-corrected chi connectivity index (χ1v) is 10.0. The Morgan fingerprint density at radius 1 is 1.07 bits per heavy atom. The molecule has 3 rings (SSSR count). The predicted molar refractivity (Wildman–Crippen MR) is 114 cm³/mol. The number of carbonyl (C=O) groups excluding carboxylic acids is 1. The summed E-state index contributed by atoms with van der Waals surface area (Å²) >= 11 is 13.0. The Balaban J connectivity index is 1.55. The molecule has 0 saturated carbocycles. The molecule has 0 atom stereocenters. The number of amides is 1. The number of thiophene rings is 1. The molecule has 0 aliphatic heterocycles. The van der Waals surface area contributed by atoms with E-state index in [1.807, 2.05) is 26.0 Å². The molecule has 7 nitrogen and oxygen atoms in total. The monoisotopic (exact) mass is 436 g/mol. The Morgan fingerprint density at radius 2 is 1.86 bits per heavy atom. The molecule has 1 amide bonds. The van der Waals surface area contributed by atoms with E-state index in [4.69, 9.17) is 23.2 Å². The zero-order valence-corrected chi connectivity index (χ0v) is 17.5. The number of rotatable bonds is 7. The zero-order chi connectivity index (χ0) is 20.1. The SMILES string of the molecule is Cc1ccnc(Nc2cc(NCCNC(=O)c3cc(Cl)sc3Cl)nc(C)n2)c1. The molecule has 3 aromatic rings. The van der Waals surface area contributed by atoms with E-state index in [0.29, 0.717) is 50.6 Å². The van der Waals surface area contributed by atoms with Crippen LogP contribution in [0.1, 0.15) is 21.7 Å². The lowest BCUT2D eigenvalue weighted by atomic mass is 10.3. The van der Waals surface area contributed by atoms with Crippen molar-refractivity contribution in [2.75, 3.05) is 23.7 Å². The fourth-order valence-corrected chi connectivity index (χ4v) is 3.87. The fraction of sp³-hybridized carbons (Fsp3) is 0.222. The second-order valence-corrected chi connectivity index (χ2v) is 8.24. The first-order chi connectivity index (χ1) is 13.4. The minimum Gasteiger partial charge on any atom is -0.368 e. The predicted octanol–water partition coefficient (Wildman–Crippen LogP) is 4.44. The quantitative estimate of drug-likeness (QED) is 0.474. The Morgan fingerprint density at radius 3 is 2.57 bits per heavy atom. The van der Waals surface area contributed by atoms with Gasteiger partial charge in [0, 0.05) is 25.4 Å². The maximum Gasteiger partial charge on any atom is 0.253 e. The average Bonchev–Trinajstić information content (AvgIpc) is 2.96. The second-order valence-electron chi connectivity index (χ2n) is 5.95. The Labute approximate surface area is 176 Å². The molecule has 0 spiro atoms. The van der Waals surface area contributed by atoms with Crippen LogP contribution in [0.25, 0.3) is 0 Å². The molecule has 3 N–H and O–H groups in total. The number of pyridine rings is 1. The van der Waals surface area contributed by atoms with E-state index in [1.165, 1.54) is 0 Å². The summed E-state index contributed by atoms with van der Waals surface area (Å²) in [5, 5.41) is 9.13. The number of aryl methyl sites for hydroxylation is 2. The summed E-state index contributed by atoms with van der Waals surface area (Å²) in [5.74, 6) is 2.35. The second kappa shape index (κ2) is 9.18. The molecule has 0 saturated heterocycles. The molecular weight excluding hydrogens is 419 g/mol. The molecule has 0 aliphatic rings. The van der Waals surface area contributed by atoms with Crippen molar-refractivity contribution in [1.29, 1.82) is 0 Å². The number of anilines is 3. The van der Waals surface area contributed by atoms with Gasteiger partial charge in [-0.15, -0.1) is 11.3 Å². The van der Waals surface area contributed by atoms with Gasteiger partial charge in [-0.05, 0) is 37.6 Å². The Hall–Kier alpha value is -2.42. The molecule has 3 heterocycles. The first kappa shape index (κ1) is 20.3. The van der Waals surface area contributed by atoms with Gasteiger partial charge in [-0.1, -0.05) is 23.2 Å². The van der Waals surface area contributed by atoms with Crippen molar-refractivity contribution >= 4 is 57.9 Å². The Kier molecular flexibility index (Phi) is 6.66. The van der Waals surface area contributed by atoms with Gasteiger partial charge in [-0.3, -0.25) is 4.79 Å². The third kappa shape index (κ3) is 5.54. The minimum atomic E-state index is -0.262. The van der Waals surface area contributed by atoms with Crippen molar-refractivity contribution in [3.05, 3.63) is 56.1 Å². The van der Waals surface area contributed by atoms with Crippen molar-refractivity contribution in [2.45, 2.75) is 13.8 Å². The molecule has 10 heteroatoms. The van der Waals surface area contributed by atoms with Gasteiger partial charge < -0.3 is 16.0 Å². The highest BCUT2D eigenvalue weighted by Gasteiger charge is 2.13. The van der Waals surface area contributed by atoms with Gasteiger partial charge in [0.2, 0.25) is 0 Å². The van der Waals surface area contributed by atoms with Crippen LogP contribution < -0.4 is 16.0 Å². The number of hydrogen-bond donors (Lipinski definition) is 3. The topological polar surface area (TPSA) is 91.8 Å². The lowest BCUT2D eigenvalue weighted by molar-refractivity contribution is 0.0956. The summed E-state index contributed by atoms with van der Waals surface area (Å²) in [5.41, 5.74) is 1.48. The number of carbonyl (C=O) groups is 1. The summed E-state index contributed by atoms with van der Waals surface area (Å²) in [6.07, 6.45) is 1.74. The van der Waals surface area contributed by atoms with Gasteiger partial charge in [0.25, 0.3) is 5.91 Å². The number of halogens is 2. The van der Waals surface area contributed by atoms with E-state index in [9.17, 15) is 4.79 Å². The van der Waals surface area contributed by atoms with E-state index in [0.717, 1.165) is 16.9 Å². The molecule has 28 heavy (non-hydrogen) atoms. The smallest absolute Gasteiger partial charge is 0.253 e. The van der Waals surface area contributed by atoms with Crippen molar-refractivity contribution in [2.24, 2.45) is 0 Å². The maximum absolute atomic E-state index is 12.1. The van der Waals surface area contributed by atoms with Crippen LogP contribution in [0.15, 0.2) is 30.5 Å². The highest BCUT2D eigenvalue weighted by molar-refractivity contribution is 7.20. The first-order valence-electron chi connectivity index (χ1n) is 8.43. The van der Waals surface area contributed by atoms with Crippen LogP contribution in [0.3, 0.4) is 0 Å². The zero-order valence-electron chi connectivity index (χ0n) is 15.2. The van der Waals surface area contributed by atoms with E-state index in [2.05, 4.69) is 30.9 Å². The molecule has 146 valence electrons. The summed E-state index contributed by atoms with van der Waals surface area (Å²) < 4.78 is 0.857. The molecule has 3 aromatic heterocycles. The lowest BCUT2D eigenvalue weighted by Crippen LogP contribution is -2.28. The Bertz CT molecular complexity index is 994. The number of hydrogen-bond acceptors (Lipinski definition) is 7. The maximum atomic E-state index is 12.1. The molecule has 0 bridgehead atoms. The molecule has 0 aromatic carbocycles. The summed E-state index contributed by atoms with van der Waals surface area (Å²) in [6, 6.07) is 7.20. The van der Waals surface area contributed by atoms with E-state index >= 15 is 0 Å². The normalized spacial score (nSPS) is 10.6. The third-order valence-electron chi connectivity index (χ3n) is 3.63. The van der Waals surface area contributed by atoms with Crippen LogP contribution in [0.5, 0.6) is 0 Å². The molecular formula is C18H18Cl2N6OS. The third-order valence-corrected chi connectivity index (χ3v) is 5.12. The molecule has 0 radical (unpaired) electrons. The number of nitrogens with one attached hydrogen (secondary N) is 3. The van der Waals surface area contributed by atoms with E-state index < -0.39 is 0 Å². The van der Waals surface area contributed by atoms with Gasteiger partial charge in [-0.25, -0.2) is 15.0 Å². The molecule has 0 aliphatic carbocycles. The minimum absolute atomic E-state index is 0.262. The van der Waals surface area contributed by atoms with Gasteiger partial charge in [0.15, 0.2) is 0 Å². The van der Waals surface area contributed by atoms with Crippen LogP contribution in [0.2, 0.25) is 8.67 Å².